The van der Waals surface area contributed by atoms with E-state index in [0.717, 1.165) is 46.3 Å². The van der Waals surface area contributed by atoms with Gasteiger partial charge in [-0.1, -0.05) is 0 Å². The Morgan fingerprint density at radius 2 is 1.03 bits per heavy atom. The lowest BCUT2D eigenvalue weighted by Gasteiger charge is -2.16. The number of fused-ring (bicyclic) bond motifs is 2. The molecule has 2 fully saturated rings. The molecule has 5 rings (SSSR count). The second-order valence-electron chi connectivity index (χ2n) is 11.3. The molecule has 7 heteroatoms. The number of aromatic amines is 1. The van der Waals surface area contributed by atoms with E-state index in [1.54, 1.807) is 9.80 Å². The fraction of sp³-hybridized carbons (Fsp3) is 0.516. The number of amides is 2. The third-order valence-corrected chi connectivity index (χ3v) is 8.29. The van der Waals surface area contributed by atoms with Crippen LogP contribution in [0.2, 0.25) is 0 Å². The van der Waals surface area contributed by atoms with E-state index in [-0.39, 0.29) is 11.8 Å². The van der Waals surface area contributed by atoms with E-state index < -0.39 is 0 Å². The second-order valence-corrected chi connectivity index (χ2v) is 11.3. The van der Waals surface area contributed by atoms with Crippen LogP contribution < -0.4 is 25.4 Å². The number of pyridine rings is 1. The first-order valence-electron chi connectivity index (χ1n) is 14.8. The van der Waals surface area contributed by atoms with Crippen molar-refractivity contribution in [3.8, 4) is 0 Å². The van der Waals surface area contributed by atoms with Crippen LogP contribution in [-0.2, 0) is 9.59 Å². The number of quaternary nitrogens is 2. The molecule has 0 bridgehead atoms. The van der Waals surface area contributed by atoms with Gasteiger partial charge in [0.2, 0.25) is 22.8 Å². The molecule has 3 aromatic rings. The van der Waals surface area contributed by atoms with Gasteiger partial charge in [0, 0.05) is 34.3 Å². The number of benzene rings is 2. The zero-order valence-electron chi connectivity index (χ0n) is 22.7. The Labute approximate surface area is 226 Å². The van der Waals surface area contributed by atoms with Crippen LogP contribution in [0.5, 0.6) is 0 Å². The molecule has 7 nitrogen and oxygen atoms in total. The van der Waals surface area contributed by atoms with E-state index in [2.05, 4.69) is 21.7 Å². The fourth-order valence-electron chi connectivity index (χ4n) is 6.03. The van der Waals surface area contributed by atoms with Gasteiger partial charge in [0.25, 0.3) is 0 Å². The minimum absolute atomic E-state index is 0.0777. The van der Waals surface area contributed by atoms with Gasteiger partial charge in [0.15, 0.2) is 0 Å². The molecule has 0 saturated carbocycles. The molecule has 2 aliphatic heterocycles. The molecule has 5 N–H and O–H groups in total. The van der Waals surface area contributed by atoms with Gasteiger partial charge in [-0.3, -0.25) is 9.59 Å². The van der Waals surface area contributed by atoms with E-state index in [1.807, 2.05) is 36.4 Å². The van der Waals surface area contributed by atoms with Gasteiger partial charge in [-0.15, -0.1) is 0 Å². The van der Waals surface area contributed by atoms with Crippen LogP contribution in [0.3, 0.4) is 0 Å². The number of H-pyrrole nitrogens is 1. The topological polar surface area (TPSA) is 81.2 Å². The van der Waals surface area contributed by atoms with E-state index in [4.69, 9.17) is 0 Å². The Morgan fingerprint density at radius 3 is 1.45 bits per heavy atom. The van der Waals surface area contributed by atoms with Gasteiger partial charge in [-0.05, 0) is 81.7 Å². The summed E-state index contributed by atoms with van der Waals surface area (Å²) < 4.78 is 0. The molecule has 1 aromatic heterocycles. The summed E-state index contributed by atoms with van der Waals surface area (Å²) in [6.45, 7) is 6.56. The standard InChI is InChI=1S/C31H41N5O2/c37-30(13-19-35-15-5-1-2-6-16-35)32-26-11-9-24-21-25-10-12-27(23-29(25)34-28(24)22-26)33-31(38)14-20-36-17-7-3-4-8-18-36/h9-12,21-23H,1-8,13-20H2,(H,32,37)(H,33,38)/p+3. The third-order valence-electron chi connectivity index (χ3n) is 8.29. The third kappa shape index (κ3) is 7.51. The molecular formula is C31H44N5O2+3. The molecule has 202 valence electrons. The van der Waals surface area contributed by atoms with Crippen molar-refractivity contribution in [1.82, 2.24) is 0 Å². The highest BCUT2D eigenvalue weighted by Gasteiger charge is 2.16. The molecule has 0 unspecified atom stereocenters. The zero-order chi connectivity index (χ0) is 26.2. The number of carbonyl (C=O) groups is 2. The highest BCUT2D eigenvalue weighted by atomic mass is 16.2. The molecule has 0 spiro atoms. The lowest BCUT2D eigenvalue weighted by Crippen LogP contribution is -3.12. The molecule has 38 heavy (non-hydrogen) atoms. The van der Waals surface area contributed by atoms with Crippen molar-refractivity contribution in [2.45, 2.75) is 64.2 Å². The highest BCUT2D eigenvalue weighted by Crippen LogP contribution is 2.22. The van der Waals surface area contributed by atoms with Crippen LogP contribution >= 0.6 is 0 Å². The van der Waals surface area contributed by atoms with Crippen molar-refractivity contribution in [3.63, 3.8) is 0 Å². The van der Waals surface area contributed by atoms with Crippen LogP contribution in [0.4, 0.5) is 11.4 Å². The lowest BCUT2D eigenvalue weighted by atomic mass is 10.1. The number of hydrogen-bond donors (Lipinski definition) is 4. The van der Waals surface area contributed by atoms with E-state index in [0.29, 0.717) is 12.8 Å². The summed E-state index contributed by atoms with van der Waals surface area (Å²) in [5, 5.41) is 8.35. The van der Waals surface area contributed by atoms with Crippen molar-refractivity contribution in [2.24, 2.45) is 0 Å². The summed E-state index contributed by atoms with van der Waals surface area (Å²) in [5.74, 6) is 0.155. The smallest absolute Gasteiger partial charge is 0.230 e. The Kier molecular flexibility index (Phi) is 9.20. The van der Waals surface area contributed by atoms with E-state index >= 15 is 0 Å². The lowest BCUT2D eigenvalue weighted by molar-refractivity contribution is -0.898. The predicted octanol–water partition coefficient (Wildman–Crippen LogP) is 2.38. The molecule has 2 aromatic carbocycles. The summed E-state index contributed by atoms with van der Waals surface area (Å²) in [6.07, 6.45) is 11.5. The summed E-state index contributed by atoms with van der Waals surface area (Å²) in [4.78, 5) is 31.9. The number of carbonyl (C=O) groups excluding carboxylic acids is 2. The normalized spacial score (nSPS) is 17.7. The van der Waals surface area contributed by atoms with Crippen molar-refractivity contribution in [3.05, 3.63) is 42.5 Å². The number of likely N-dealkylation sites (tertiary alicyclic amines) is 2. The van der Waals surface area contributed by atoms with Crippen molar-refractivity contribution >= 4 is 45.0 Å². The first kappa shape index (κ1) is 26.6. The summed E-state index contributed by atoms with van der Waals surface area (Å²) >= 11 is 0. The monoisotopic (exact) mass is 518 g/mol. The minimum Gasteiger partial charge on any atom is -0.335 e. The summed E-state index contributed by atoms with van der Waals surface area (Å²) in [7, 11) is 0. The zero-order valence-corrected chi connectivity index (χ0v) is 22.7. The Hall–Kier alpha value is -3.03. The maximum Gasteiger partial charge on any atom is 0.230 e. The van der Waals surface area contributed by atoms with Gasteiger partial charge in [0.1, 0.15) is 0 Å². The Bertz CT molecular complexity index is 1150. The van der Waals surface area contributed by atoms with Gasteiger partial charge in [-0.25, -0.2) is 4.98 Å². The summed E-state index contributed by atoms with van der Waals surface area (Å²) in [5.41, 5.74) is 3.54. The number of nitrogens with one attached hydrogen (secondary N) is 5. The Balaban J connectivity index is 1.19. The Morgan fingerprint density at radius 1 is 0.605 bits per heavy atom. The average molecular weight is 519 g/mol. The SMILES string of the molecule is O=C(CC[NH+]1CCCCCC1)Nc1ccc2cc3ccc(NC(=O)CC[NH+]4CCCCCC4)cc3[nH+]c2c1. The van der Waals surface area contributed by atoms with Crippen molar-refractivity contribution in [2.75, 3.05) is 49.9 Å². The molecular weight excluding hydrogens is 474 g/mol. The molecule has 0 radical (unpaired) electrons. The quantitative estimate of drug-likeness (QED) is 0.346. The highest BCUT2D eigenvalue weighted by molar-refractivity contribution is 5.96. The molecule has 0 atom stereocenters. The van der Waals surface area contributed by atoms with Gasteiger partial charge < -0.3 is 20.4 Å². The van der Waals surface area contributed by atoms with Crippen LogP contribution in [-0.4, -0.2) is 51.1 Å². The molecule has 3 heterocycles. The average Bonchev–Trinajstić information content (AvgIpc) is 3.35. The van der Waals surface area contributed by atoms with Crippen molar-refractivity contribution in [1.29, 1.82) is 0 Å². The minimum atomic E-state index is 0.0777. The number of rotatable bonds is 8. The van der Waals surface area contributed by atoms with Gasteiger partial charge in [0.05, 0.1) is 52.1 Å². The molecule has 2 aliphatic rings. The fourth-order valence-corrected chi connectivity index (χ4v) is 6.03. The molecule has 2 amide bonds. The number of aromatic nitrogens is 1. The maximum absolute atomic E-state index is 12.6. The van der Waals surface area contributed by atoms with E-state index in [1.165, 1.54) is 77.5 Å². The van der Waals surface area contributed by atoms with Crippen LogP contribution in [0.1, 0.15) is 64.2 Å². The molecule has 2 saturated heterocycles. The first-order chi connectivity index (χ1) is 18.6. The largest absolute Gasteiger partial charge is 0.335 e. The van der Waals surface area contributed by atoms with Crippen molar-refractivity contribution < 1.29 is 24.4 Å². The van der Waals surface area contributed by atoms with Crippen LogP contribution in [0.25, 0.3) is 21.8 Å². The van der Waals surface area contributed by atoms with Gasteiger partial charge >= 0.3 is 0 Å². The number of anilines is 2. The van der Waals surface area contributed by atoms with Crippen LogP contribution in [0.15, 0.2) is 42.5 Å². The molecule has 0 aliphatic carbocycles. The van der Waals surface area contributed by atoms with Gasteiger partial charge in [-0.2, -0.15) is 0 Å². The maximum atomic E-state index is 12.6. The predicted molar refractivity (Wildman–Crippen MR) is 153 cm³/mol. The number of hydrogen-bond acceptors (Lipinski definition) is 2. The van der Waals surface area contributed by atoms with E-state index in [9.17, 15) is 9.59 Å². The van der Waals surface area contributed by atoms with Crippen LogP contribution in [0, 0.1) is 0 Å². The second kappa shape index (κ2) is 13.2. The summed E-state index contributed by atoms with van der Waals surface area (Å²) in [6, 6.07) is 14.2. The first-order valence-corrected chi connectivity index (χ1v) is 14.8.